The average molecular weight is 215 g/mol. The van der Waals surface area contributed by atoms with Crippen molar-refractivity contribution < 1.29 is 9.59 Å². The minimum absolute atomic E-state index is 0.0660. The Balaban J connectivity index is 3.49. The Bertz CT molecular complexity index is 205. The molecule has 0 bridgehead atoms. The third-order valence-electron chi connectivity index (χ3n) is 1.73. The van der Waals surface area contributed by atoms with Crippen LogP contribution in [0.25, 0.3) is 0 Å². The van der Waals surface area contributed by atoms with Crippen LogP contribution in [0.2, 0.25) is 0 Å². The van der Waals surface area contributed by atoms with Crippen LogP contribution in [0.15, 0.2) is 0 Å². The summed E-state index contributed by atoms with van der Waals surface area (Å²) in [6, 6.07) is 0.110. The Kier molecular flexibility index (Phi) is 7.62. The van der Waals surface area contributed by atoms with Crippen molar-refractivity contribution in [2.45, 2.75) is 32.7 Å². The highest BCUT2D eigenvalue weighted by molar-refractivity contribution is 5.84. The fourth-order valence-electron chi connectivity index (χ4n) is 1.07. The molecule has 0 aromatic rings. The van der Waals surface area contributed by atoms with Crippen LogP contribution in [0, 0.1) is 0 Å². The topological polar surface area (TPSA) is 70.2 Å². The van der Waals surface area contributed by atoms with Gasteiger partial charge in [0.2, 0.25) is 11.8 Å². The maximum atomic E-state index is 11.2. The van der Waals surface area contributed by atoms with Crippen LogP contribution in [-0.4, -0.2) is 38.0 Å². The van der Waals surface area contributed by atoms with E-state index in [-0.39, 0.29) is 24.4 Å². The molecule has 2 amide bonds. The van der Waals surface area contributed by atoms with E-state index >= 15 is 0 Å². The molecule has 0 aliphatic carbocycles. The number of nitrogens with one attached hydrogen (secondary N) is 3. The fourth-order valence-corrected chi connectivity index (χ4v) is 1.07. The van der Waals surface area contributed by atoms with Crippen molar-refractivity contribution in [3.8, 4) is 0 Å². The van der Waals surface area contributed by atoms with Crippen molar-refractivity contribution >= 4 is 11.8 Å². The lowest BCUT2D eigenvalue weighted by Crippen LogP contribution is -2.39. The summed E-state index contributed by atoms with van der Waals surface area (Å²) in [4.78, 5) is 22.3. The Morgan fingerprint density at radius 1 is 1.20 bits per heavy atom. The van der Waals surface area contributed by atoms with Crippen molar-refractivity contribution in [3.63, 3.8) is 0 Å². The molecule has 88 valence electrons. The van der Waals surface area contributed by atoms with E-state index in [4.69, 9.17) is 0 Å². The maximum absolute atomic E-state index is 11.2. The summed E-state index contributed by atoms with van der Waals surface area (Å²) in [5.41, 5.74) is 0. The Morgan fingerprint density at radius 2 is 1.87 bits per heavy atom. The second kappa shape index (κ2) is 8.23. The quantitative estimate of drug-likeness (QED) is 0.507. The van der Waals surface area contributed by atoms with Crippen LogP contribution in [-0.2, 0) is 9.59 Å². The van der Waals surface area contributed by atoms with Gasteiger partial charge in [-0.05, 0) is 33.9 Å². The summed E-state index contributed by atoms with van der Waals surface area (Å²) in [6.45, 7) is 4.64. The number of carbonyl (C=O) groups excluding carboxylic acids is 2. The van der Waals surface area contributed by atoms with Gasteiger partial charge in [0, 0.05) is 12.5 Å². The van der Waals surface area contributed by atoms with Crippen molar-refractivity contribution in [1.82, 2.24) is 16.0 Å². The largest absolute Gasteiger partial charge is 0.352 e. The van der Waals surface area contributed by atoms with E-state index in [1.807, 2.05) is 20.9 Å². The van der Waals surface area contributed by atoms with E-state index in [0.29, 0.717) is 6.42 Å². The average Bonchev–Trinajstić information content (AvgIpc) is 2.14. The van der Waals surface area contributed by atoms with Gasteiger partial charge in [-0.25, -0.2) is 0 Å². The van der Waals surface area contributed by atoms with Gasteiger partial charge < -0.3 is 16.0 Å². The first kappa shape index (κ1) is 13.9. The molecule has 0 saturated heterocycles. The third-order valence-corrected chi connectivity index (χ3v) is 1.73. The summed E-state index contributed by atoms with van der Waals surface area (Å²) in [5.74, 6) is -0.226. The van der Waals surface area contributed by atoms with Gasteiger partial charge in [0.1, 0.15) is 0 Å². The number of rotatable bonds is 7. The molecular formula is C10H21N3O2. The molecule has 0 unspecified atom stereocenters. The van der Waals surface area contributed by atoms with Crippen LogP contribution in [0.1, 0.15) is 26.7 Å². The second-order valence-corrected chi connectivity index (χ2v) is 3.71. The van der Waals surface area contributed by atoms with Gasteiger partial charge >= 0.3 is 0 Å². The lowest BCUT2D eigenvalue weighted by molar-refractivity contribution is -0.126. The molecular weight excluding hydrogens is 194 g/mol. The molecule has 0 aliphatic rings. The Hall–Kier alpha value is -1.10. The number of hydrogen-bond acceptors (Lipinski definition) is 3. The maximum Gasteiger partial charge on any atom is 0.239 e. The molecule has 0 atom stereocenters. The van der Waals surface area contributed by atoms with Gasteiger partial charge in [-0.3, -0.25) is 9.59 Å². The molecule has 5 nitrogen and oxygen atoms in total. The predicted molar refractivity (Wildman–Crippen MR) is 59.4 cm³/mol. The number of carbonyl (C=O) groups is 2. The molecule has 3 N–H and O–H groups in total. The SMILES string of the molecule is CNCCCC(=O)NCC(=O)NC(C)C. The van der Waals surface area contributed by atoms with Crippen molar-refractivity contribution in [3.05, 3.63) is 0 Å². The minimum Gasteiger partial charge on any atom is -0.352 e. The smallest absolute Gasteiger partial charge is 0.239 e. The molecule has 5 heteroatoms. The molecule has 0 aromatic carbocycles. The van der Waals surface area contributed by atoms with Crippen molar-refractivity contribution in [1.29, 1.82) is 0 Å². The highest BCUT2D eigenvalue weighted by Crippen LogP contribution is 1.86. The van der Waals surface area contributed by atoms with Gasteiger partial charge in [-0.15, -0.1) is 0 Å². The number of amides is 2. The summed E-state index contributed by atoms with van der Waals surface area (Å²) >= 11 is 0. The van der Waals surface area contributed by atoms with Gasteiger partial charge in [0.25, 0.3) is 0 Å². The van der Waals surface area contributed by atoms with Crippen LogP contribution in [0.4, 0.5) is 0 Å². The summed E-state index contributed by atoms with van der Waals surface area (Å²) < 4.78 is 0. The summed E-state index contributed by atoms with van der Waals surface area (Å²) in [6.07, 6.45) is 1.24. The lowest BCUT2D eigenvalue weighted by atomic mass is 10.3. The molecule has 0 aromatic heterocycles. The second-order valence-electron chi connectivity index (χ2n) is 3.71. The third kappa shape index (κ3) is 9.21. The summed E-state index contributed by atoms with van der Waals surface area (Å²) in [5, 5.41) is 8.22. The molecule has 0 aliphatic heterocycles. The molecule has 0 heterocycles. The van der Waals surface area contributed by atoms with Crippen LogP contribution in [0.3, 0.4) is 0 Å². The molecule has 0 spiro atoms. The highest BCUT2D eigenvalue weighted by Gasteiger charge is 2.05. The predicted octanol–water partition coefficient (Wildman–Crippen LogP) is -0.373. The summed E-state index contributed by atoms with van der Waals surface area (Å²) in [7, 11) is 1.84. The van der Waals surface area contributed by atoms with Crippen molar-refractivity contribution in [2.24, 2.45) is 0 Å². The van der Waals surface area contributed by atoms with Crippen LogP contribution >= 0.6 is 0 Å². The Labute approximate surface area is 91.0 Å². The zero-order valence-electron chi connectivity index (χ0n) is 9.72. The van der Waals surface area contributed by atoms with Crippen LogP contribution in [0.5, 0.6) is 0 Å². The van der Waals surface area contributed by atoms with Crippen LogP contribution < -0.4 is 16.0 Å². The van der Waals surface area contributed by atoms with E-state index in [2.05, 4.69) is 16.0 Å². The van der Waals surface area contributed by atoms with Gasteiger partial charge in [-0.1, -0.05) is 0 Å². The standard InChI is InChI=1S/C10H21N3O2/c1-8(2)13-10(15)7-12-9(14)5-4-6-11-3/h8,11H,4-7H2,1-3H3,(H,12,14)(H,13,15). The number of hydrogen-bond donors (Lipinski definition) is 3. The normalized spacial score (nSPS) is 10.1. The van der Waals surface area contributed by atoms with E-state index in [1.54, 1.807) is 0 Å². The minimum atomic E-state index is -0.146. The first-order valence-electron chi connectivity index (χ1n) is 5.27. The molecule has 0 saturated carbocycles. The molecule has 0 fully saturated rings. The Morgan fingerprint density at radius 3 is 2.40 bits per heavy atom. The molecule has 0 radical (unpaired) electrons. The first-order chi connectivity index (χ1) is 7.06. The van der Waals surface area contributed by atoms with E-state index < -0.39 is 0 Å². The van der Waals surface area contributed by atoms with E-state index in [0.717, 1.165) is 13.0 Å². The van der Waals surface area contributed by atoms with Crippen molar-refractivity contribution in [2.75, 3.05) is 20.1 Å². The van der Waals surface area contributed by atoms with Gasteiger partial charge in [0.05, 0.1) is 6.54 Å². The van der Waals surface area contributed by atoms with Gasteiger partial charge in [0.15, 0.2) is 0 Å². The zero-order valence-corrected chi connectivity index (χ0v) is 9.72. The molecule has 0 rings (SSSR count). The lowest BCUT2D eigenvalue weighted by Gasteiger charge is -2.09. The fraction of sp³-hybridized carbons (Fsp3) is 0.800. The molecule has 15 heavy (non-hydrogen) atoms. The first-order valence-corrected chi connectivity index (χ1v) is 5.27. The van der Waals surface area contributed by atoms with E-state index in [9.17, 15) is 9.59 Å². The van der Waals surface area contributed by atoms with E-state index in [1.165, 1.54) is 0 Å². The highest BCUT2D eigenvalue weighted by atomic mass is 16.2. The zero-order chi connectivity index (χ0) is 11.7. The monoisotopic (exact) mass is 215 g/mol. The van der Waals surface area contributed by atoms with Gasteiger partial charge in [-0.2, -0.15) is 0 Å².